The van der Waals surface area contributed by atoms with E-state index in [0.29, 0.717) is 6.08 Å². The lowest BCUT2D eigenvalue weighted by Crippen LogP contribution is -2.57. The number of hydrogen-bond donors (Lipinski definition) is 0. The van der Waals surface area contributed by atoms with Gasteiger partial charge in [0.25, 0.3) is 0 Å². The normalized spacial score (nSPS) is 43.1. The molecule has 1 saturated heterocycles. The fourth-order valence-corrected chi connectivity index (χ4v) is 2.08. The van der Waals surface area contributed by atoms with Crippen molar-refractivity contribution in [2.45, 2.75) is 30.2 Å². The Labute approximate surface area is 84.9 Å². The molecule has 2 rings (SSSR count). The minimum absolute atomic E-state index is 0.681. The fraction of sp³-hybridized carbons (Fsp3) is 0.750. The van der Waals surface area contributed by atoms with Crippen LogP contribution >= 0.6 is 0 Å². The number of hydrogen-bond acceptors (Lipinski definition) is 1. The summed E-state index contributed by atoms with van der Waals surface area (Å²) in [5.41, 5.74) is -4.38. The molecule has 16 heavy (non-hydrogen) atoms. The van der Waals surface area contributed by atoms with Crippen LogP contribution in [-0.4, -0.2) is 30.2 Å². The maximum Gasteiger partial charge on any atom is 0.426 e. The molecule has 0 aromatic rings. The van der Waals surface area contributed by atoms with Gasteiger partial charge in [-0.15, -0.1) is 0 Å². The summed E-state index contributed by atoms with van der Waals surface area (Å²) in [6.45, 7) is 0. The lowest BCUT2D eigenvalue weighted by Gasteiger charge is -2.34. The smallest absolute Gasteiger partial charge is 0.362 e. The Bertz CT molecular complexity index is 330. The number of alkyl halides is 7. The first-order valence-electron chi connectivity index (χ1n) is 4.24. The van der Waals surface area contributed by atoms with Crippen molar-refractivity contribution >= 4 is 0 Å². The number of halogens is 7. The number of rotatable bonds is 0. The van der Waals surface area contributed by atoms with E-state index in [2.05, 4.69) is 4.74 Å². The van der Waals surface area contributed by atoms with Crippen LogP contribution in [0.15, 0.2) is 12.2 Å². The Kier molecular flexibility index (Phi) is 2.12. The molecule has 0 saturated carbocycles. The van der Waals surface area contributed by atoms with E-state index in [1.54, 1.807) is 0 Å². The number of fused-ring (bicyclic) bond motifs is 2. The van der Waals surface area contributed by atoms with Gasteiger partial charge in [0, 0.05) is 0 Å². The Balaban J connectivity index is 2.48. The molecule has 8 heteroatoms. The van der Waals surface area contributed by atoms with Crippen LogP contribution in [-0.2, 0) is 4.74 Å². The predicted molar refractivity (Wildman–Crippen MR) is 37.2 cm³/mol. The molecule has 2 aliphatic rings. The van der Waals surface area contributed by atoms with E-state index >= 15 is 0 Å². The maximum absolute atomic E-state index is 13.7. The summed E-state index contributed by atoms with van der Waals surface area (Å²) in [6.07, 6.45) is -13.5. The SMILES string of the molecule is FC(F)(F)C1C2C=CC(O2)C1(F)C(F)(F)F. The van der Waals surface area contributed by atoms with Gasteiger partial charge in [-0.2, -0.15) is 26.3 Å². The third-order valence-electron chi connectivity index (χ3n) is 2.76. The van der Waals surface area contributed by atoms with E-state index < -0.39 is 36.1 Å². The third kappa shape index (κ3) is 1.28. The molecule has 0 amide bonds. The molecule has 0 N–H and O–H groups in total. The van der Waals surface area contributed by atoms with Crippen LogP contribution < -0.4 is 0 Å². The zero-order valence-corrected chi connectivity index (χ0v) is 7.44. The molecule has 2 aliphatic heterocycles. The van der Waals surface area contributed by atoms with E-state index in [1.165, 1.54) is 0 Å². The van der Waals surface area contributed by atoms with Gasteiger partial charge in [0.2, 0.25) is 5.67 Å². The van der Waals surface area contributed by atoms with E-state index in [9.17, 15) is 30.7 Å². The van der Waals surface area contributed by atoms with Gasteiger partial charge in [-0.05, 0) is 0 Å². The molecule has 0 spiro atoms. The van der Waals surface area contributed by atoms with Crippen molar-refractivity contribution < 1.29 is 35.5 Å². The van der Waals surface area contributed by atoms with Crippen LogP contribution in [0.3, 0.4) is 0 Å². The van der Waals surface area contributed by atoms with Gasteiger partial charge < -0.3 is 4.74 Å². The van der Waals surface area contributed by atoms with Crippen LogP contribution in [0, 0.1) is 5.92 Å². The first-order chi connectivity index (χ1) is 7.08. The average molecular weight is 250 g/mol. The van der Waals surface area contributed by atoms with Gasteiger partial charge in [0.05, 0.1) is 6.10 Å². The minimum atomic E-state index is -5.61. The first kappa shape index (κ1) is 11.7. The van der Waals surface area contributed by atoms with Crippen LogP contribution in [0.4, 0.5) is 30.7 Å². The molecule has 2 heterocycles. The Morgan fingerprint density at radius 3 is 1.94 bits per heavy atom. The van der Waals surface area contributed by atoms with Crippen molar-refractivity contribution in [3.63, 3.8) is 0 Å². The highest BCUT2D eigenvalue weighted by molar-refractivity contribution is 5.25. The second-order valence-corrected chi connectivity index (χ2v) is 3.69. The van der Waals surface area contributed by atoms with E-state index in [4.69, 9.17) is 0 Å². The van der Waals surface area contributed by atoms with Gasteiger partial charge in [0.15, 0.2) is 0 Å². The molecule has 92 valence electrons. The van der Waals surface area contributed by atoms with E-state index in [-0.39, 0.29) is 0 Å². The Morgan fingerprint density at radius 2 is 1.56 bits per heavy atom. The summed E-state index contributed by atoms with van der Waals surface area (Å²) in [6, 6.07) is 0. The largest absolute Gasteiger partial charge is 0.426 e. The summed E-state index contributed by atoms with van der Waals surface area (Å²) in [5, 5.41) is 0. The van der Waals surface area contributed by atoms with Crippen molar-refractivity contribution in [1.29, 1.82) is 0 Å². The molecular formula is C8H5F7O. The summed E-state index contributed by atoms with van der Waals surface area (Å²) in [4.78, 5) is 0. The fourth-order valence-electron chi connectivity index (χ4n) is 2.08. The summed E-state index contributed by atoms with van der Waals surface area (Å²) >= 11 is 0. The molecule has 0 aromatic heterocycles. The summed E-state index contributed by atoms with van der Waals surface area (Å²) in [5.74, 6) is -3.19. The molecule has 0 radical (unpaired) electrons. The zero-order valence-electron chi connectivity index (χ0n) is 7.44. The van der Waals surface area contributed by atoms with Crippen molar-refractivity contribution in [1.82, 2.24) is 0 Å². The van der Waals surface area contributed by atoms with Crippen molar-refractivity contribution in [3.05, 3.63) is 12.2 Å². The maximum atomic E-state index is 13.7. The van der Waals surface area contributed by atoms with Crippen LogP contribution in [0.2, 0.25) is 0 Å². The minimum Gasteiger partial charge on any atom is -0.362 e. The molecule has 0 aromatic carbocycles. The highest BCUT2D eigenvalue weighted by Gasteiger charge is 2.78. The number of ether oxygens (including phenoxy) is 1. The molecule has 2 bridgehead atoms. The average Bonchev–Trinajstić information content (AvgIpc) is 2.57. The molecule has 4 unspecified atom stereocenters. The molecule has 4 atom stereocenters. The van der Waals surface area contributed by atoms with Crippen molar-refractivity contribution in [2.24, 2.45) is 5.92 Å². The van der Waals surface area contributed by atoms with E-state index in [1.807, 2.05) is 0 Å². The third-order valence-corrected chi connectivity index (χ3v) is 2.76. The molecule has 1 fully saturated rings. The Morgan fingerprint density at radius 1 is 1.00 bits per heavy atom. The topological polar surface area (TPSA) is 9.23 Å². The Hall–Kier alpha value is -0.790. The van der Waals surface area contributed by atoms with E-state index in [0.717, 1.165) is 6.08 Å². The van der Waals surface area contributed by atoms with Gasteiger partial charge in [-0.3, -0.25) is 0 Å². The summed E-state index contributed by atoms with van der Waals surface area (Å²) < 4.78 is 92.3. The lowest BCUT2D eigenvalue weighted by molar-refractivity contribution is -0.294. The quantitative estimate of drug-likeness (QED) is 0.474. The first-order valence-corrected chi connectivity index (χ1v) is 4.24. The van der Waals surface area contributed by atoms with Gasteiger partial charge in [0.1, 0.15) is 12.0 Å². The molecule has 1 nitrogen and oxygen atoms in total. The predicted octanol–water partition coefficient (Wildman–Crippen LogP) is 2.77. The van der Waals surface area contributed by atoms with Gasteiger partial charge in [-0.25, -0.2) is 4.39 Å². The lowest BCUT2D eigenvalue weighted by atomic mass is 9.79. The van der Waals surface area contributed by atoms with Crippen LogP contribution in [0.25, 0.3) is 0 Å². The molecule has 0 aliphatic carbocycles. The van der Waals surface area contributed by atoms with Crippen LogP contribution in [0.1, 0.15) is 0 Å². The van der Waals surface area contributed by atoms with Crippen molar-refractivity contribution in [2.75, 3.05) is 0 Å². The zero-order chi connectivity index (χ0) is 12.4. The van der Waals surface area contributed by atoms with Gasteiger partial charge >= 0.3 is 12.4 Å². The van der Waals surface area contributed by atoms with Crippen molar-refractivity contribution in [3.8, 4) is 0 Å². The second kappa shape index (κ2) is 2.91. The standard InChI is InChI=1S/C8H5F7O/c9-6(8(13,14)15)4-2-1-3(16-4)5(6)7(10,11)12/h1-5H. The summed E-state index contributed by atoms with van der Waals surface area (Å²) in [7, 11) is 0. The second-order valence-electron chi connectivity index (χ2n) is 3.69. The molecular weight excluding hydrogens is 245 g/mol. The highest BCUT2D eigenvalue weighted by atomic mass is 19.4. The van der Waals surface area contributed by atoms with Gasteiger partial charge in [-0.1, -0.05) is 12.2 Å². The monoisotopic (exact) mass is 250 g/mol. The highest BCUT2D eigenvalue weighted by Crippen LogP contribution is 2.58. The van der Waals surface area contributed by atoms with Crippen LogP contribution in [0.5, 0.6) is 0 Å².